The molecule has 0 spiro atoms. The maximum atomic E-state index is 5.32. The van der Waals surface area contributed by atoms with Gasteiger partial charge < -0.3 is 9.64 Å². The van der Waals surface area contributed by atoms with E-state index in [1.54, 1.807) is 7.11 Å². The van der Waals surface area contributed by atoms with Crippen molar-refractivity contribution in [3.8, 4) is 5.75 Å². The molecule has 13 heavy (non-hydrogen) atoms. The predicted molar refractivity (Wildman–Crippen MR) is 54.6 cm³/mol. The highest BCUT2D eigenvalue weighted by atomic mass is 16.5. The van der Waals surface area contributed by atoms with Crippen LogP contribution in [-0.4, -0.2) is 20.2 Å². The topological polar surface area (TPSA) is 12.5 Å². The lowest BCUT2D eigenvalue weighted by Crippen LogP contribution is -2.37. The number of ether oxygens (including phenoxy) is 1. The third-order valence-electron chi connectivity index (χ3n) is 2.53. The number of benzene rings is 1. The molecule has 1 fully saturated rings. The number of rotatable bonds is 2. The van der Waals surface area contributed by atoms with Crippen molar-refractivity contribution >= 4 is 5.69 Å². The third kappa shape index (κ3) is 1.48. The number of aryl methyl sites for hydroxylation is 1. The number of nitrogens with zero attached hydrogens (tertiary/aromatic N) is 1. The molecule has 2 rings (SSSR count). The van der Waals surface area contributed by atoms with Crippen molar-refractivity contribution in [2.45, 2.75) is 13.3 Å². The minimum atomic E-state index is 0.991. The summed E-state index contributed by atoms with van der Waals surface area (Å²) >= 11 is 0. The Balaban J connectivity index is 2.33. The van der Waals surface area contributed by atoms with Gasteiger partial charge in [-0.25, -0.2) is 0 Å². The van der Waals surface area contributed by atoms with Crippen molar-refractivity contribution in [3.63, 3.8) is 0 Å². The van der Waals surface area contributed by atoms with Crippen LogP contribution in [0, 0.1) is 6.92 Å². The number of methoxy groups -OCH3 is 1. The Morgan fingerprint density at radius 2 is 2.08 bits per heavy atom. The van der Waals surface area contributed by atoms with E-state index in [-0.39, 0.29) is 0 Å². The summed E-state index contributed by atoms with van der Waals surface area (Å²) in [6.45, 7) is 4.45. The number of anilines is 1. The Morgan fingerprint density at radius 3 is 2.62 bits per heavy atom. The SMILES string of the molecule is COc1ccc(C)cc1N1CCC1. The molecule has 1 saturated heterocycles. The van der Waals surface area contributed by atoms with Crippen molar-refractivity contribution in [1.82, 2.24) is 0 Å². The van der Waals surface area contributed by atoms with Crippen LogP contribution in [0.1, 0.15) is 12.0 Å². The summed E-state index contributed by atoms with van der Waals surface area (Å²) < 4.78 is 5.32. The fraction of sp³-hybridized carbons (Fsp3) is 0.455. The Morgan fingerprint density at radius 1 is 1.31 bits per heavy atom. The summed E-state index contributed by atoms with van der Waals surface area (Å²) in [6, 6.07) is 6.32. The van der Waals surface area contributed by atoms with Crippen LogP contribution >= 0.6 is 0 Å². The fourth-order valence-corrected chi connectivity index (χ4v) is 1.60. The molecule has 2 heteroatoms. The fourth-order valence-electron chi connectivity index (χ4n) is 1.60. The third-order valence-corrected chi connectivity index (χ3v) is 2.53. The smallest absolute Gasteiger partial charge is 0.142 e. The molecule has 1 aromatic rings. The van der Waals surface area contributed by atoms with Gasteiger partial charge >= 0.3 is 0 Å². The second-order valence-corrected chi connectivity index (χ2v) is 3.52. The van der Waals surface area contributed by atoms with Gasteiger partial charge in [-0.3, -0.25) is 0 Å². The Hall–Kier alpha value is -1.18. The largest absolute Gasteiger partial charge is 0.495 e. The van der Waals surface area contributed by atoms with Crippen molar-refractivity contribution < 1.29 is 4.74 Å². The average molecular weight is 177 g/mol. The van der Waals surface area contributed by atoms with Gasteiger partial charge in [0.2, 0.25) is 0 Å². The normalized spacial score (nSPS) is 15.4. The molecule has 0 bridgehead atoms. The molecular formula is C11H15NO. The first-order valence-electron chi connectivity index (χ1n) is 4.71. The standard InChI is InChI=1S/C11H15NO/c1-9-4-5-11(13-2)10(8-9)12-6-3-7-12/h4-5,8H,3,6-7H2,1-2H3. The molecule has 0 amide bonds. The lowest BCUT2D eigenvalue weighted by molar-refractivity contribution is 0.411. The molecule has 0 radical (unpaired) electrons. The molecule has 0 aromatic heterocycles. The van der Waals surface area contributed by atoms with Gasteiger partial charge in [0, 0.05) is 13.1 Å². The summed E-state index contributed by atoms with van der Waals surface area (Å²) in [5.74, 6) is 0.991. The molecule has 1 heterocycles. The van der Waals surface area contributed by atoms with Gasteiger partial charge in [0.05, 0.1) is 12.8 Å². The molecule has 0 unspecified atom stereocenters. The van der Waals surface area contributed by atoms with Crippen molar-refractivity contribution in [3.05, 3.63) is 23.8 Å². The summed E-state index contributed by atoms with van der Waals surface area (Å²) in [7, 11) is 1.73. The Kier molecular flexibility index (Phi) is 2.13. The maximum absolute atomic E-state index is 5.32. The van der Waals surface area contributed by atoms with E-state index in [0.29, 0.717) is 0 Å². The van der Waals surface area contributed by atoms with Gasteiger partial charge in [0.15, 0.2) is 0 Å². The highest BCUT2D eigenvalue weighted by Crippen LogP contribution is 2.31. The minimum absolute atomic E-state index is 0.991. The molecule has 70 valence electrons. The van der Waals surface area contributed by atoms with Crippen LogP contribution < -0.4 is 9.64 Å². The second-order valence-electron chi connectivity index (χ2n) is 3.52. The highest BCUT2D eigenvalue weighted by Gasteiger charge is 2.17. The number of hydrogen-bond donors (Lipinski definition) is 0. The first-order valence-corrected chi connectivity index (χ1v) is 4.71. The molecule has 1 aromatic carbocycles. The van der Waals surface area contributed by atoms with Crippen LogP contribution in [0.25, 0.3) is 0 Å². The maximum Gasteiger partial charge on any atom is 0.142 e. The van der Waals surface area contributed by atoms with Crippen molar-refractivity contribution in [2.24, 2.45) is 0 Å². The molecule has 0 aliphatic carbocycles. The van der Waals surface area contributed by atoms with Crippen molar-refractivity contribution in [2.75, 3.05) is 25.1 Å². The lowest BCUT2D eigenvalue weighted by Gasteiger charge is -2.34. The van der Waals surface area contributed by atoms with E-state index in [2.05, 4.69) is 24.0 Å². The van der Waals surface area contributed by atoms with Gasteiger partial charge in [0.1, 0.15) is 5.75 Å². The van der Waals surface area contributed by atoms with Gasteiger partial charge in [-0.1, -0.05) is 6.07 Å². The highest BCUT2D eigenvalue weighted by molar-refractivity contribution is 5.61. The summed E-state index contributed by atoms with van der Waals surface area (Å²) in [4.78, 5) is 2.35. The second kappa shape index (κ2) is 3.29. The van der Waals surface area contributed by atoms with Crippen LogP contribution in [0.5, 0.6) is 5.75 Å². The zero-order valence-corrected chi connectivity index (χ0v) is 8.21. The molecule has 1 aliphatic heterocycles. The summed E-state index contributed by atoms with van der Waals surface area (Å²) in [5.41, 5.74) is 2.54. The first kappa shape index (κ1) is 8.42. The van der Waals surface area contributed by atoms with Crippen LogP contribution in [-0.2, 0) is 0 Å². The zero-order valence-electron chi connectivity index (χ0n) is 8.21. The Labute approximate surface area is 79.1 Å². The van der Waals surface area contributed by atoms with Gasteiger partial charge in [-0.15, -0.1) is 0 Å². The molecule has 0 atom stereocenters. The van der Waals surface area contributed by atoms with E-state index < -0.39 is 0 Å². The van der Waals surface area contributed by atoms with E-state index in [1.165, 1.54) is 30.8 Å². The molecule has 1 aliphatic rings. The monoisotopic (exact) mass is 177 g/mol. The predicted octanol–water partition coefficient (Wildman–Crippen LogP) is 2.21. The van der Waals surface area contributed by atoms with Gasteiger partial charge in [0.25, 0.3) is 0 Å². The van der Waals surface area contributed by atoms with E-state index >= 15 is 0 Å². The van der Waals surface area contributed by atoms with Crippen molar-refractivity contribution in [1.29, 1.82) is 0 Å². The van der Waals surface area contributed by atoms with E-state index in [1.807, 2.05) is 6.07 Å². The van der Waals surface area contributed by atoms with E-state index in [0.717, 1.165) is 5.75 Å². The average Bonchev–Trinajstić information content (AvgIpc) is 2.02. The lowest BCUT2D eigenvalue weighted by atomic mass is 10.1. The molecule has 2 nitrogen and oxygen atoms in total. The van der Waals surface area contributed by atoms with E-state index in [9.17, 15) is 0 Å². The van der Waals surface area contributed by atoms with Gasteiger partial charge in [-0.2, -0.15) is 0 Å². The van der Waals surface area contributed by atoms with Crippen LogP contribution in [0.2, 0.25) is 0 Å². The summed E-state index contributed by atoms with van der Waals surface area (Å²) in [5, 5.41) is 0. The van der Waals surface area contributed by atoms with Gasteiger partial charge in [-0.05, 0) is 31.0 Å². The van der Waals surface area contributed by atoms with E-state index in [4.69, 9.17) is 4.74 Å². The van der Waals surface area contributed by atoms with Crippen LogP contribution in [0.15, 0.2) is 18.2 Å². The minimum Gasteiger partial charge on any atom is -0.495 e. The molecule has 0 N–H and O–H groups in total. The quantitative estimate of drug-likeness (QED) is 0.686. The summed E-state index contributed by atoms with van der Waals surface area (Å²) in [6.07, 6.45) is 1.30. The molecule has 0 saturated carbocycles. The van der Waals surface area contributed by atoms with Crippen LogP contribution in [0.3, 0.4) is 0 Å². The molecular weight excluding hydrogens is 162 g/mol. The zero-order chi connectivity index (χ0) is 9.26. The van der Waals surface area contributed by atoms with Crippen LogP contribution in [0.4, 0.5) is 5.69 Å². The number of hydrogen-bond acceptors (Lipinski definition) is 2. The Bertz CT molecular complexity index is 305. The first-order chi connectivity index (χ1) is 6.31.